The van der Waals surface area contributed by atoms with Crippen LogP contribution in [0.3, 0.4) is 0 Å². The minimum atomic E-state index is 0.0113. The minimum absolute atomic E-state index is 0.0113. The van der Waals surface area contributed by atoms with Gasteiger partial charge in [0.1, 0.15) is 5.69 Å². The quantitative estimate of drug-likeness (QED) is 0.656. The molecule has 2 aromatic heterocycles. The van der Waals surface area contributed by atoms with Crippen LogP contribution in [0.15, 0.2) is 65.6 Å². The second kappa shape index (κ2) is 8.73. The number of fused-ring (bicyclic) bond motifs is 4. The molecule has 2 atom stereocenters. The number of pyridine rings is 2. The fraction of sp³-hybridized carbons (Fsp3) is 0.346. The van der Waals surface area contributed by atoms with Gasteiger partial charge in [-0.25, -0.2) is 0 Å². The van der Waals surface area contributed by atoms with E-state index in [0.717, 1.165) is 23.5 Å². The van der Waals surface area contributed by atoms with E-state index in [9.17, 15) is 9.59 Å². The lowest BCUT2D eigenvalue weighted by atomic mass is 9.83. The minimum Gasteiger partial charge on any atom is -0.378 e. The molecule has 0 unspecified atom stereocenters. The van der Waals surface area contributed by atoms with Crippen molar-refractivity contribution in [2.45, 2.75) is 25.4 Å². The monoisotopic (exact) mass is 443 g/mol. The molecular formula is C26H29N5O2. The van der Waals surface area contributed by atoms with Crippen LogP contribution in [0.2, 0.25) is 0 Å². The highest BCUT2D eigenvalue weighted by Crippen LogP contribution is 2.36. The molecule has 0 spiro atoms. The number of piperidine rings is 1. The lowest BCUT2D eigenvalue weighted by molar-refractivity contribution is 0.0594. The number of likely N-dealkylation sites (tertiary alicyclic amines) is 1. The van der Waals surface area contributed by atoms with Crippen LogP contribution in [-0.2, 0) is 13.1 Å². The van der Waals surface area contributed by atoms with E-state index in [2.05, 4.69) is 10.3 Å². The van der Waals surface area contributed by atoms with Gasteiger partial charge < -0.3 is 19.7 Å². The molecule has 2 aliphatic rings. The van der Waals surface area contributed by atoms with Gasteiger partial charge in [-0.2, -0.15) is 0 Å². The van der Waals surface area contributed by atoms with Crippen molar-refractivity contribution in [1.29, 1.82) is 0 Å². The standard InChI is InChI=1S/C26H29N5O2/c1-29(2)22-8-6-19(7-9-22)25(32)30-15-18-13-20(17-30)24-11-10-23(26(33)31(24)16-18)28-14-21-5-3-4-12-27-21/h3-12,18,20,28H,13-17H2,1-2H3/t18-,20+/m0/s1. The van der Waals surface area contributed by atoms with Gasteiger partial charge in [0.15, 0.2) is 0 Å². The molecule has 33 heavy (non-hydrogen) atoms. The Hall–Kier alpha value is -3.61. The Kier molecular flexibility index (Phi) is 5.62. The first-order valence-electron chi connectivity index (χ1n) is 11.4. The van der Waals surface area contributed by atoms with Crippen LogP contribution in [0.25, 0.3) is 0 Å². The van der Waals surface area contributed by atoms with Gasteiger partial charge in [-0.05, 0) is 60.9 Å². The lowest BCUT2D eigenvalue weighted by Gasteiger charge is -2.43. The summed E-state index contributed by atoms with van der Waals surface area (Å²) in [6, 6.07) is 17.4. The predicted octanol–water partition coefficient (Wildman–Crippen LogP) is 3.18. The summed E-state index contributed by atoms with van der Waals surface area (Å²) in [5.41, 5.74) is 4.31. The number of nitrogens with one attached hydrogen (secondary N) is 1. The largest absolute Gasteiger partial charge is 0.378 e. The Morgan fingerprint density at radius 1 is 1.06 bits per heavy atom. The Balaban J connectivity index is 1.33. The zero-order valence-electron chi connectivity index (χ0n) is 19.1. The van der Waals surface area contributed by atoms with Crippen LogP contribution < -0.4 is 15.8 Å². The second-order valence-electron chi connectivity index (χ2n) is 9.21. The van der Waals surface area contributed by atoms with Crippen molar-refractivity contribution in [1.82, 2.24) is 14.5 Å². The molecule has 2 bridgehead atoms. The second-order valence-corrected chi connectivity index (χ2v) is 9.21. The van der Waals surface area contributed by atoms with Gasteiger partial charge in [0, 0.05) is 62.8 Å². The van der Waals surface area contributed by atoms with Crippen LogP contribution >= 0.6 is 0 Å². The van der Waals surface area contributed by atoms with E-state index in [0.29, 0.717) is 37.4 Å². The molecule has 3 aromatic rings. The number of carbonyl (C=O) groups is 1. The molecule has 0 aliphatic carbocycles. The van der Waals surface area contributed by atoms with Gasteiger partial charge in [0.2, 0.25) is 0 Å². The van der Waals surface area contributed by atoms with Crippen molar-refractivity contribution in [3.8, 4) is 0 Å². The van der Waals surface area contributed by atoms with E-state index < -0.39 is 0 Å². The summed E-state index contributed by atoms with van der Waals surface area (Å²) < 4.78 is 1.91. The number of anilines is 2. The molecule has 4 heterocycles. The number of hydrogen-bond donors (Lipinski definition) is 1. The van der Waals surface area contributed by atoms with Crippen molar-refractivity contribution < 1.29 is 4.79 Å². The molecule has 7 heteroatoms. The molecule has 1 aromatic carbocycles. The van der Waals surface area contributed by atoms with Crippen molar-refractivity contribution >= 4 is 17.3 Å². The molecule has 1 amide bonds. The van der Waals surface area contributed by atoms with Crippen molar-refractivity contribution in [2.24, 2.45) is 5.92 Å². The number of hydrogen-bond acceptors (Lipinski definition) is 5. The first-order valence-corrected chi connectivity index (χ1v) is 11.4. The van der Waals surface area contributed by atoms with Gasteiger partial charge in [0.05, 0.1) is 12.2 Å². The highest BCUT2D eigenvalue weighted by molar-refractivity contribution is 5.94. The molecule has 1 saturated heterocycles. The summed E-state index contributed by atoms with van der Waals surface area (Å²) in [7, 11) is 3.98. The number of rotatable bonds is 5. The molecule has 5 rings (SSSR count). The molecular weight excluding hydrogens is 414 g/mol. The third-order valence-corrected chi connectivity index (χ3v) is 6.71. The first kappa shape index (κ1) is 21.2. The van der Waals surface area contributed by atoms with Crippen molar-refractivity contribution in [3.63, 3.8) is 0 Å². The summed E-state index contributed by atoms with van der Waals surface area (Å²) in [6.45, 7) is 2.48. The molecule has 0 radical (unpaired) electrons. The number of aromatic nitrogens is 2. The molecule has 1 N–H and O–H groups in total. The van der Waals surface area contributed by atoms with Crippen molar-refractivity contribution in [2.75, 3.05) is 37.4 Å². The predicted molar refractivity (Wildman–Crippen MR) is 130 cm³/mol. The number of amides is 1. The van der Waals surface area contributed by atoms with Gasteiger partial charge in [0.25, 0.3) is 11.5 Å². The van der Waals surface area contributed by atoms with Crippen molar-refractivity contribution in [3.05, 3.63) is 88.1 Å². The van der Waals surface area contributed by atoms with Gasteiger partial charge in [-0.1, -0.05) is 6.07 Å². The molecule has 7 nitrogen and oxygen atoms in total. The SMILES string of the molecule is CN(C)c1ccc(C(=O)N2C[C@@H]3C[C@H](C2)c2ccc(NCc4ccccn4)c(=O)n2C3)cc1. The highest BCUT2D eigenvalue weighted by Gasteiger charge is 2.36. The van der Waals surface area contributed by atoms with E-state index in [1.165, 1.54) is 0 Å². The zero-order valence-corrected chi connectivity index (χ0v) is 19.1. The Labute approximate surface area is 193 Å². The Morgan fingerprint density at radius 3 is 2.61 bits per heavy atom. The third-order valence-electron chi connectivity index (χ3n) is 6.71. The maximum Gasteiger partial charge on any atom is 0.274 e. The van der Waals surface area contributed by atoms with Gasteiger partial charge >= 0.3 is 0 Å². The van der Waals surface area contributed by atoms with Crippen LogP contribution in [-0.4, -0.2) is 47.5 Å². The first-order chi connectivity index (χ1) is 16.0. The summed E-state index contributed by atoms with van der Waals surface area (Å²) >= 11 is 0. The van der Waals surface area contributed by atoms with E-state index in [1.54, 1.807) is 6.20 Å². The zero-order chi connectivity index (χ0) is 22.9. The topological polar surface area (TPSA) is 70.5 Å². The lowest BCUT2D eigenvalue weighted by Crippen LogP contribution is -2.49. The molecule has 170 valence electrons. The number of benzene rings is 1. The highest BCUT2D eigenvalue weighted by atomic mass is 16.2. The van der Waals surface area contributed by atoms with Crippen LogP contribution in [0.4, 0.5) is 11.4 Å². The molecule has 0 saturated carbocycles. The van der Waals surface area contributed by atoms with E-state index in [4.69, 9.17) is 0 Å². The number of carbonyl (C=O) groups excluding carboxylic acids is 1. The maximum atomic E-state index is 13.2. The summed E-state index contributed by atoms with van der Waals surface area (Å²) in [6.07, 6.45) is 2.77. The third kappa shape index (κ3) is 4.23. The molecule has 1 fully saturated rings. The smallest absolute Gasteiger partial charge is 0.274 e. The summed E-state index contributed by atoms with van der Waals surface area (Å²) in [5, 5.41) is 3.24. The Bertz CT molecular complexity index is 1200. The van der Waals surface area contributed by atoms with Gasteiger partial charge in [-0.3, -0.25) is 14.6 Å². The van der Waals surface area contributed by atoms with Crippen LogP contribution in [0, 0.1) is 5.92 Å². The summed E-state index contributed by atoms with van der Waals surface area (Å²) in [5.74, 6) is 0.532. The molecule has 2 aliphatic heterocycles. The van der Waals surface area contributed by atoms with Crippen LogP contribution in [0.5, 0.6) is 0 Å². The van der Waals surface area contributed by atoms with Crippen LogP contribution in [0.1, 0.15) is 34.1 Å². The normalized spacial score (nSPS) is 19.0. The van der Waals surface area contributed by atoms with E-state index >= 15 is 0 Å². The maximum absolute atomic E-state index is 13.2. The van der Waals surface area contributed by atoms with Gasteiger partial charge in [-0.15, -0.1) is 0 Å². The number of nitrogens with zero attached hydrogens (tertiary/aromatic N) is 4. The average molecular weight is 444 g/mol. The Morgan fingerprint density at radius 2 is 1.88 bits per heavy atom. The average Bonchev–Trinajstić information content (AvgIpc) is 2.84. The van der Waals surface area contributed by atoms with E-state index in [-0.39, 0.29) is 23.3 Å². The fourth-order valence-electron chi connectivity index (χ4n) is 5.02. The fourth-order valence-corrected chi connectivity index (χ4v) is 5.02. The van der Waals surface area contributed by atoms with E-state index in [1.807, 2.05) is 83.1 Å². The summed E-state index contributed by atoms with van der Waals surface area (Å²) in [4.78, 5) is 34.7.